The maximum atomic E-state index is 5.94. The highest BCUT2D eigenvalue weighted by molar-refractivity contribution is 5.63. The van der Waals surface area contributed by atoms with Crippen LogP contribution in [-0.2, 0) is 6.42 Å². The van der Waals surface area contributed by atoms with Crippen LogP contribution in [-0.4, -0.2) is 22.3 Å². The van der Waals surface area contributed by atoms with E-state index in [1.54, 1.807) is 0 Å². The zero-order valence-corrected chi connectivity index (χ0v) is 11.5. The third-order valence-corrected chi connectivity index (χ3v) is 2.50. The van der Waals surface area contributed by atoms with Crippen LogP contribution in [0.15, 0.2) is 28.8 Å². The summed E-state index contributed by atoms with van der Waals surface area (Å²) >= 11 is 0. The lowest BCUT2D eigenvalue weighted by Crippen LogP contribution is -2.34. The zero-order valence-electron chi connectivity index (χ0n) is 11.5. The fourth-order valence-electron chi connectivity index (χ4n) is 1.76. The molecule has 0 atom stereocenters. The molecular formula is C14H19N3O2. The van der Waals surface area contributed by atoms with Gasteiger partial charge >= 0.3 is 0 Å². The van der Waals surface area contributed by atoms with Crippen LogP contribution >= 0.6 is 0 Å². The molecule has 2 aromatic rings. The minimum Gasteiger partial charge on any atom is -0.493 e. The molecule has 1 heterocycles. The lowest BCUT2D eigenvalue weighted by Gasteiger charge is -2.14. The molecule has 0 amide bonds. The number of rotatable bonds is 5. The fraction of sp³-hybridized carbons (Fsp3) is 0.429. The van der Waals surface area contributed by atoms with E-state index in [4.69, 9.17) is 15.0 Å². The van der Waals surface area contributed by atoms with Gasteiger partial charge in [-0.2, -0.15) is 4.98 Å². The monoisotopic (exact) mass is 261 g/mol. The molecule has 0 spiro atoms. The highest BCUT2D eigenvalue weighted by Crippen LogP contribution is 2.27. The van der Waals surface area contributed by atoms with Crippen molar-refractivity contribution in [3.63, 3.8) is 0 Å². The Kier molecular flexibility index (Phi) is 3.85. The van der Waals surface area contributed by atoms with E-state index in [0.717, 1.165) is 11.3 Å². The molecule has 5 nitrogen and oxygen atoms in total. The van der Waals surface area contributed by atoms with Gasteiger partial charge in [0, 0.05) is 12.0 Å². The molecule has 2 N–H and O–H groups in total. The highest BCUT2D eigenvalue weighted by atomic mass is 16.5. The van der Waals surface area contributed by atoms with Crippen molar-refractivity contribution in [3.8, 4) is 17.1 Å². The molecule has 0 bridgehead atoms. The molecule has 1 aromatic carbocycles. The van der Waals surface area contributed by atoms with Crippen molar-refractivity contribution in [2.45, 2.75) is 32.7 Å². The summed E-state index contributed by atoms with van der Waals surface area (Å²) < 4.78 is 10.8. The van der Waals surface area contributed by atoms with E-state index in [-0.39, 0.29) is 5.54 Å². The van der Waals surface area contributed by atoms with E-state index in [2.05, 4.69) is 10.1 Å². The van der Waals surface area contributed by atoms with Crippen LogP contribution in [0.1, 0.15) is 26.7 Å². The van der Waals surface area contributed by atoms with Crippen molar-refractivity contribution in [2.75, 3.05) is 6.61 Å². The van der Waals surface area contributed by atoms with Crippen molar-refractivity contribution < 1.29 is 9.26 Å². The molecule has 0 aliphatic carbocycles. The van der Waals surface area contributed by atoms with Gasteiger partial charge in [-0.05, 0) is 32.9 Å². The van der Waals surface area contributed by atoms with Crippen molar-refractivity contribution in [3.05, 3.63) is 30.2 Å². The molecule has 0 aliphatic heterocycles. The number of aromatic nitrogens is 2. The van der Waals surface area contributed by atoms with Crippen LogP contribution in [0.3, 0.4) is 0 Å². The summed E-state index contributed by atoms with van der Waals surface area (Å²) in [4.78, 5) is 4.37. The van der Waals surface area contributed by atoms with Gasteiger partial charge in [0.25, 0.3) is 0 Å². The van der Waals surface area contributed by atoms with Crippen molar-refractivity contribution in [2.24, 2.45) is 5.73 Å². The molecular weight excluding hydrogens is 242 g/mol. The standard InChI is InChI=1S/C14H19N3O2/c1-4-18-11-8-6-5-7-10(11)13-16-12(19-17-13)9-14(2,3)15/h5-8H,4,9,15H2,1-3H3. The lowest BCUT2D eigenvalue weighted by atomic mass is 10.0. The first-order chi connectivity index (χ1) is 8.99. The Morgan fingerprint density at radius 2 is 2.05 bits per heavy atom. The van der Waals surface area contributed by atoms with Crippen LogP contribution in [0.2, 0.25) is 0 Å². The van der Waals surface area contributed by atoms with Gasteiger partial charge in [-0.15, -0.1) is 0 Å². The maximum Gasteiger partial charge on any atom is 0.228 e. The summed E-state index contributed by atoms with van der Waals surface area (Å²) in [5.74, 6) is 1.82. The van der Waals surface area contributed by atoms with E-state index in [9.17, 15) is 0 Å². The maximum absolute atomic E-state index is 5.94. The topological polar surface area (TPSA) is 74.2 Å². The largest absolute Gasteiger partial charge is 0.493 e. The van der Waals surface area contributed by atoms with E-state index < -0.39 is 0 Å². The van der Waals surface area contributed by atoms with E-state index in [0.29, 0.717) is 24.7 Å². The molecule has 0 saturated heterocycles. The van der Waals surface area contributed by atoms with Gasteiger partial charge in [-0.3, -0.25) is 0 Å². The van der Waals surface area contributed by atoms with Crippen LogP contribution in [0.25, 0.3) is 11.4 Å². The minimum atomic E-state index is -0.372. The molecule has 0 radical (unpaired) electrons. The van der Waals surface area contributed by atoms with E-state index in [1.807, 2.05) is 45.0 Å². The third kappa shape index (κ3) is 3.54. The zero-order chi connectivity index (χ0) is 13.9. The highest BCUT2D eigenvalue weighted by Gasteiger charge is 2.18. The number of hydrogen-bond donors (Lipinski definition) is 1. The quantitative estimate of drug-likeness (QED) is 0.894. The predicted molar refractivity (Wildman–Crippen MR) is 72.9 cm³/mol. The van der Waals surface area contributed by atoms with Gasteiger partial charge in [0.05, 0.1) is 12.2 Å². The van der Waals surface area contributed by atoms with E-state index >= 15 is 0 Å². The number of hydrogen-bond acceptors (Lipinski definition) is 5. The van der Waals surface area contributed by atoms with Gasteiger partial charge in [0.15, 0.2) is 0 Å². The lowest BCUT2D eigenvalue weighted by molar-refractivity contribution is 0.339. The Morgan fingerprint density at radius 3 is 2.74 bits per heavy atom. The summed E-state index contributed by atoms with van der Waals surface area (Å²) in [6, 6.07) is 7.63. The number of benzene rings is 1. The summed E-state index contributed by atoms with van der Waals surface area (Å²) in [6.45, 7) is 6.38. The number of para-hydroxylation sites is 1. The number of nitrogens with zero attached hydrogens (tertiary/aromatic N) is 2. The first-order valence-electron chi connectivity index (χ1n) is 6.33. The van der Waals surface area contributed by atoms with Gasteiger partial charge in [-0.25, -0.2) is 0 Å². The third-order valence-electron chi connectivity index (χ3n) is 2.50. The number of ether oxygens (including phenoxy) is 1. The normalized spacial score (nSPS) is 11.6. The molecule has 102 valence electrons. The Labute approximate surface area is 112 Å². The predicted octanol–water partition coefficient (Wildman–Crippen LogP) is 2.42. The Morgan fingerprint density at radius 1 is 1.32 bits per heavy atom. The van der Waals surface area contributed by atoms with Crippen molar-refractivity contribution in [1.29, 1.82) is 0 Å². The second-order valence-electron chi connectivity index (χ2n) is 5.11. The van der Waals surface area contributed by atoms with Crippen LogP contribution in [0.4, 0.5) is 0 Å². The average molecular weight is 261 g/mol. The molecule has 5 heteroatoms. The summed E-state index contributed by atoms with van der Waals surface area (Å²) in [6.07, 6.45) is 0.538. The Hall–Kier alpha value is -1.88. The first kappa shape index (κ1) is 13.5. The van der Waals surface area contributed by atoms with Gasteiger partial charge < -0.3 is 15.0 Å². The van der Waals surface area contributed by atoms with E-state index in [1.165, 1.54) is 0 Å². The molecule has 19 heavy (non-hydrogen) atoms. The second-order valence-corrected chi connectivity index (χ2v) is 5.11. The van der Waals surface area contributed by atoms with Gasteiger partial charge in [-0.1, -0.05) is 17.3 Å². The van der Waals surface area contributed by atoms with Crippen LogP contribution in [0, 0.1) is 0 Å². The summed E-state index contributed by atoms with van der Waals surface area (Å²) in [5.41, 5.74) is 6.40. The van der Waals surface area contributed by atoms with Crippen molar-refractivity contribution >= 4 is 0 Å². The van der Waals surface area contributed by atoms with Crippen LogP contribution < -0.4 is 10.5 Å². The average Bonchev–Trinajstić information content (AvgIpc) is 2.76. The molecule has 2 rings (SSSR count). The Balaban J connectivity index is 2.28. The molecule has 1 aromatic heterocycles. The summed E-state index contributed by atoms with van der Waals surface area (Å²) in [5, 5.41) is 3.99. The molecule has 0 unspecified atom stereocenters. The fourth-order valence-corrected chi connectivity index (χ4v) is 1.76. The van der Waals surface area contributed by atoms with Crippen LogP contribution in [0.5, 0.6) is 5.75 Å². The molecule has 0 saturated carbocycles. The number of nitrogens with two attached hydrogens (primary N) is 1. The van der Waals surface area contributed by atoms with Crippen molar-refractivity contribution in [1.82, 2.24) is 10.1 Å². The minimum absolute atomic E-state index is 0.372. The molecule has 0 aliphatic rings. The smallest absolute Gasteiger partial charge is 0.228 e. The first-order valence-corrected chi connectivity index (χ1v) is 6.33. The summed E-state index contributed by atoms with van der Waals surface area (Å²) in [7, 11) is 0. The molecule has 0 fully saturated rings. The van der Waals surface area contributed by atoms with Gasteiger partial charge in [0.2, 0.25) is 11.7 Å². The Bertz CT molecular complexity index is 544. The second kappa shape index (κ2) is 5.40. The SMILES string of the molecule is CCOc1ccccc1-c1noc(CC(C)(C)N)n1. The van der Waals surface area contributed by atoms with Gasteiger partial charge in [0.1, 0.15) is 5.75 Å².